The molecule has 1 saturated heterocycles. The van der Waals surface area contributed by atoms with E-state index >= 15 is 0 Å². The maximum absolute atomic E-state index is 13.4. The molecular formula is C26H30N4O2. The van der Waals surface area contributed by atoms with Crippen molar-refractivity contribution in [3.05, 3.63) is 78.1 Å². The third-order valence-electron chi connectivity index (χ3n) is 6.08. The minimum absolute atomic E-state index is 0.0702. The number of carbonyl (C=O) groups is 2. The van der Waals surface area contributed by atoms with Gasteiger partial charge in [0.1, 0.15) is 5.69 Å². The molecule has 0 saturated carbocycles. The van der Waals surface area contributed by atoms with Crippen molar-refractivity contribution in [3.63, 3.8) is 0 Å². The fourth-order valence-electron chi connectivity index (χ4n) is 4.41. The zero-order valence-corrected chi connectivity index (χ0v) is 18.8. The van der Waals surface area contributed by atoms with Crippen LogP contribution >= 0.6 is 0 Å². The average molecular weight is 431 g/mol. The SMILES string of the molecule is CCCN1CCN(C(=O)c2ccnn2C)CC(Cc2cccc(-c3ccccc3)c2)C1=O. The van der Waals surface area contributed by atoms with E-state index in [1.54, 1.807) is 24.0 Å². The molecule has 1 aromatic heterocycles. The van der Waals surface area contributed by atoms with Gasteiger partial charge < -0.3 is 9.80 Å². The standard InChI is InChI=1S/C26H30N4O2/c1-3-14-29-15-16-30(26(32)24-12-13-27-28(24)2)19-23(25(29)31)18-20-8-7-11-22(17-20)21-9-5-4-6-10-21/h4-13,17,23H,3,14-16,18-19H2,1-2H3. The third-order valence-corrected chi connectivity index (χ3v) is 6.08. The molecule has 0 N–H and O–H groups in total. The van der Waals surface area contributed by atoms with Gasteiger partial charge in [0.05, 0.1) is 5.92 Å². The molecular weight excluding hydrogens is 400 g/mol. The normalized spacial score (nSPS) is 16.8. The highest BCUT2D eigenvalue weighted by Crippen LogP contribution is 2.24. The van der Waals surface area contributed by atoms with Crippen molar-refractivity contribution >= 4 is 11.8 Å². The molecule has 166 valence electrons. The Labute approximate surface area is 189 Å². The Morgan fingerprint density at radius 1 is 1.03 bits per heavy atom. The monoisotopic (exact) mass is 430 g/mol. The summed E-state index contributed by atoms with van der Waals surface area (Å²) in [7, 11) is 1.77. The van der Waals surface area contributed by atoms with Crippen LogP contribution in [0.3, 0.4) is 0 Å². The van der Waals surface area contributed by atoms with Crippen LogP contribution in [0.5, 0.6) is 0 Å². The van der Waals surface area contributed by atoms with Crippen molar-refractivity contribution in [1.29, 1.82) is 0 Å². The molecule has 1 aliphatic rings. The van der Waals surface area contributed by atoms with E-state index in [-0.39, 0.29) is 17.7 Å². The molecule has 1 atom stereocenters. The number of aromatic nitrogens is 2. The molecule has 2 aromatic carbocycles. The Morgan fingerprint density at radius 3 is 2.53 bits per heavy atom. The average Bonchev–Trinajstić information content (AvgIpc) is 3.19. The maximum atomic E-state index is 13.4. The van der Waals surface area contributed by atoms with Gasteiger partial charge in [-0.2, -0.15) is 5.10 Å². The van der Waals surface area contributed by atoms with Crippen LogP contribution in [-0.2, 0) is 18.3 Å². The van der Waals surface area contributed by atoms with Crippen LogP contribution in [0.4, 0.5) is 0 Å². The van der Waals surface area contributed by atoms with Gasteiger partial charge in [0.25, 0.3) is 5.91 Å². The van der Waals surface area contributed by atoms with Crippen molar-refractivity contribution in [3.8, 4) is 11.1 Å². The van der Waals surface area contributed by atoms with E-state index in [1.165, 1.54) is 0 Å². The summed E-state index contributed by atoms with van der Waals surface area (Å²) in [6.45, 7) is 4.31. The predicted octanol–water partition coefficient (Wildman–Crippen LogP) is 3.64. The van der Waals surface area contributed by atoms with Crippen molar-refractivity contribution in [1.82, 2.24) is 19.6 Å². The first-order chi connectivity index (χ1) is 15.6. The summed E-state index contributed by atoms with van der Waals surface area (Å²) in [6.07, 6.45) is 3.14. The molecule has 32 heavy (non-hydrogen) atoms. The summed E-state index contributed by atoms with van der Waals surface area (Å²) in [5, 5.41) is 4.13. The number of hydrogen-bond acceptors (Lipinski definition) is 3. The molecule has 0 spiro atoms. The fraction of sp³-hybridized carbons (Fsp3) is 0.346. The lowest BCUT2D eigenvalue weighted by molar-refractivity contribution is -0.134. The molecule has 0 aliphatic carbocycles. The topological polar surface area (TPSA) is 58.4 Å². The Hall–Kier alpha value is -3.41. The Morgan fingerprint density at radius 2 is 1.81 bits per heavy atom. The quantitative estimate of drug-likeness (QED) is 0.600. The van der Waals surface area contributed by atoms with Crippen LogP contribution < -0.4 is 0 Å². The summed E-state index contributed by atoms with van der Waals surface area (Å²) in [5.74, 6) is -0.205. The van der Waals surface area contributed by atoms with Gasteiger partial charge in [0.15, 0.2) is 0 Å². The highest BCUT2D eigenvalue weighted by molar-refractivity contribution is 5.93. The lowest BCUT2D eigenvalue weighted by Crippen LogP contribution is -2.38. The van der Waals surface area contributed by atoms with E-state index in [4.69, 9.17) is 0 Å². The Kier molecular flexibility index (Phi) is 6.69. The number of benzene rings is 2. The predicted molar refractivity (Wildman–Crippen MR) is 125 cm³/mol. The van der Waals surface area contributed by atoms with Gasteiger partial charge >= 0.3 is 0 Å². The molecule has 6 nitrogen and oxygen atoms in total. The number of rotatable bonds is 6. The summed E-state index contributed by atoms with van der Waals surface area (Å²) in [4.78, 5) is 30.3. The van der Waals surface area contributed by atoms with Crippen molar-refractivity contribution < 1.29 is 9.59 Å². The zero-order chi connectivity index (χ0) is 22.5. The molecule has 1 unspecified atom stereocenters. The first-order valence-electron chi connectivity index (χ1n) is 11.3. The van der Waals surface area contributed by atoms with Crippen molar-refractivity contribution in [2.45, 2.75) is 19.8 Å². The van der Waals surface area contributed by atoms with Crippen molar-refractivity contribution in [2.75, 3.05) is 26.2 Å². The second kappa shape index (κ2) is 9.81. The van der Waals surface area contributed by atoms with Crippen LogP contribution in [0, 0.1) is 5.92 Å². The molecule has 4 rings (SSSR count). The lowest BCUT2D eigenvalue weighted by atomic mass is 9.94. The van der Waals surface area contributed by atoms with E-state index in [0.717, 1.165) is 23.1 Å². The van der Waals surface area contributed by atoms with E-state index in [1.807, 2.05) is 34.1 Å². The maximum Gasteiger partial charge on any atom is 0.272 e. The van der Waals surface area contributed by atoms with Crippen LogP contribution in [0.1, 0.15) is 29.4 Å². The molecule has 2 heterocycles. The van der Waals surface area contributed by atoms with Gasteiger partial charge in [-0.15, -0.1) is 0 Å². The van der Waals surface area contributed by atoms with Gasteiger partial charge in [-0.05, 0) is 35.6 Å². The van der Waals surface area contributed by atoms with E-state index in [9.17, 15) is 9.59 Å². The second-order valence-electron chi connectivity index (χ2n) is 8.38. The minimum atomic E-state index is -0.271. The number of amides is 2. The number of carbonyl (C=O) groups excluding carboxylic acids is 2. The fourth-order valence-corrected chi connectivity index (χ4v) is 4.41. The number of nitrogens with zero attached hydrogens (tertiary/aromatic N) is 4. The summed E-state index contributed by atoms with van der Waals surface area (Å²) in [6, 6.07) is 20.3. The van der Waals surface area contributed by atoms with E-state index in [0.29, 0.717) is 38.3 Å². The lowest BCUT2D eigenvalue weighted by Gasteiger charge is -2.24. The first kappa shape index (κ1) is 21.8. The summed E-state index contributed by atoms with van der Waals surface area (Å²) in [5.41, 5.74) is 3.95. The highest BCUT2D eigenvalue weighted by Gasteiger charge is 2.33. The number of aryl methyl sites for hydroxylation is 1. The van der Waals surface area contributed by atoms with E-state index in [2.05, 4.69) is 42.4 Å². The van der Waals surface area contributed by atoms with Gasteiger partial charge in [0, 0.05) is 39.4 Å². The second-order valence-corrected chi connectivity index (χ2v) is 8.38. The van der Waals surface area contributed by atoms with Crippen molar-refractivity contribution in [2.24, 2.45) is 13.0 Å². The van der Waals surface area contributed by atoms with Gasteiger partial charge in [-0.3, -0.25) is 14.3 Å². The summed E-state index contributed by atoms with van der Waals surface area (Å²) < 4.78 is 1.59. The molecule has 2 amide bonds. The van der Waals surface area contributed by atoms with Crippen LogP contribution in [-0.4, -0.2) is 57.6 Å². The van der Waals surface area contributed by atoms with Crippen LogP contribution in [0.15, 0.2) is 66.9 Å². The van der Waals surface area contributed by atoms with E-state index < -0.39 is 0 Å². The van der Waals surface area contributed by atoms with Gasteiger partial charge in [0.2, 0.25) is 5.91 Å². The number of hydrogen-bond donors (Lipinski definition) is 0. The molecule has 0 radical (unpaired) electrons. The molecule has 6 heteroatoms. The summed E-state index contributed by atoms with van der Waals surface area (Å²) >= 11 is 0. The van der Waals surface area contributed by atoms with Crippen LogP contribution in [0.25, 0.3) is 11.1 Å². The van der Waals surface area contributed by atoms with Gasteiger partial charge in [-0.25, -0.2) is 0 Å². The largest absolute Gasteiger partial charge is 0.341 e. The smallest absolute Gasteiger partial charge is 0.272 e. The molecule has 3 aromatic rings. The van der Waals surface area contributed by atoms with Crippen LogP contribution in [0.2, 0.25) is 0 Å². The molecule has 1 fully saturated rings. The Bertz CT molecular complexity index is 1080. The highest BCUT2D eigenvalue weighted by atomic mass is 16.2. The minimum Gasteiger partial charge on any atom is -0.341 e. The molecule has 0 bridgehead atoms. The third kappa shape index (κ3) is 4.74. The zero-order valence-electron chi connectivity index (χ0n) is 18.8. The first-order valence-corrected chi connectivity index (χ1v) is 11.3. The molecule has 1 aliphatic heterocycles. The van der Waals surface area contributed by atoms with Gasteiger partial charge in [-0.1, -0.05) is 61.5 Å². The Balaban J connectivity index is 1.59.